The number of hydrogen-bond acceptors (Lipinski definition) is 5. The highest BCUT2D eigenvalue weighted by Crippen LogP contribution is 2.19. The summed E-state index contributed by atoms with van der Waals surface area (Å²) in [6, 6.07) is 1.54. The van der Waals surface area contributed by atoms with E-state index in [0.717, 1.165) is 0 Å². The Labute approximate surface area is 99.0 Å². The van der Waals surface area contributed by atoms with Crippen LogP contribution in [-0.4, -0.2) is 30.0 Å². The molecule has 0 aliphatic heterocycles. The van der Waals surface area contributed by atoms with Crippen LogP contribution in [0.3, 0.4) is 0 Å². The van der Waals surface area contributed by atoms with Crippen molar-refractivity contribution in [3.63, 3.8) is 0 Å². The second-order valence-corrected chi connectivity index (χ2v) is 4.04. The van der Waals surface area contributed by atoms with Crippen LogP contribution in [0, 0.1) is 0 Å². The van der Waals surface area contributed by atoms with Crippen molar-refractivity contribution in [2.24, 2.45) is 5.84 Å². The summed E-state index contributed by atoms with van der Waals surface area (Å²) >= 11 is 0. The fourth-order valence-electron chi connectivity index (χ4n) is 1.28. The Morgan fingerprint density at radius 3 is 2.53 bits per heavy atom. The molecule has 17 heavy (non-hydrogen) atoms. The maximum atomic E-state index is 12.3. The summed E-state index contributed by atoms with van der Waals surface area (Å²) in [6.45, 7) is 3.47. The number of nitrogens with one attached hydrogen (secondary N) is 1. The zero-order valence-corrected chi connectivity index (χ0v) is 10.1. The van der Waals surface area contributed by atoms with Crippen molar-refractivity contribution in [1.29, 1.82) is 0 Å². The van der Waals surface area contributed by atoms with Crippen LogP contribution in [0.25, 0.3) is 0 Å². The van der Waals surface area contributed by atoms with E-state index >= 15 is 0 Å². The normalized spacial score (nSPS) is 11.1. The van der Waals surface area contributed by atoms with E-state index in [2.05, 4.69) is 15.4 Å². The van der Waals surface area contributed by atoms with E-state index in [1.54, 1.807) is 7.05 Å². The average molecular weight is 245 g/mol. The van der Waals surface area contributed by atoms with Crippen molar-refractivity contribution < 1.29 is 8.78 Å². The predicted molar refractivity (Wildman–Crippen MR) is 63.2 cm³/mol. The summed E-state index contributed by atoms with van der Waals surface area (Å²) in [5, 5.41) is 0. The van der Waals surface area contributed by atoms with Crippen molar-refractivity contribution in [3.8, 4) is 0 Å². The first-order valence-corrected chi connectivity index (χ1v) is 5.29. The lowest BCUT2D eigenvalue weighted by atomic mass is 10.2. The Hall–Kier alpha value is -1.50. The molecule has 0 aliphatic rings. The van der Waals surface area contributed by atoms with Gasteiger partial charge < -0.3 is 10.3 Å². The molecule has 0 saturated heterocycles. The van der Waals surface area contributed by atoms with Crippen molar-refractivity contribution in [2.45, 2.75) is 26.2 Å². The van der Waals surface area contributed by atoms with Crippen molar-refractivity contribution in [2.75, 3.05) is 23.9 Å². The van der Waals surface area contributed by atoms with E-state index in [9.17, 15) is 8.78 Å². The van der Waals surface area contributed by atoms with Gasteiger partial charge in [-0.2, -0.15) is 0 Å². The van der Waals surface area contributed by atoms with Gasteiger partial charge >= 0.3 is 0 Å². The number of nitrogens with two attached hydrogens (primary N) is 1. The highest BCUT2D eigenvalue weighted by molar-refractivity contribution is 5.48. The quantitative estimate of drug-likeness (QED) is 0.609. The van der Waals surface area contributed by atoms with E-state index in [1.165, 1.54) is 11.0 Å². The Kier molecular flexibility index (Phi) is 4.56. The molecule has 0 aliphatic carbocycles. The second kappa shape index (κ2) is 5.72. The molecule has 0 fully saturated rings. The first-order chi connectivity index (χ1) is 7.93. The van der Waals surface area contributed by atoms with E-state index < -0.39 is 6.43 Å². The van der Waals surface area contributed by atoms with Crippen LogP contribution in [0.4, 0.5) is 20.4 Å². The van der Waals surface area contributed by atoms with Gasteiger partial charge in [-0.25, -0.2) is 24.6 Å². The van der Waals surface area contributed by atoms with Gasteiger partial charge in [-0.3, -0.25) is 0 Å². The molecule has 0 radical (unpaired) electrons. The Bertz CT molecular complexity index is 370. The van der Waals surface area contributed by atoms with Crippen LogP contribution in [0.2, 0.25) is 0 Å². The molecule has 0 unspecified atom stereocenters. The second-order valence-electron chi connectivity index (χ2n) is 4.04. The molecule has 3 N–H and O–H groups in total. The van der Waals surface area contributed by atoms with Crippen LogP contribution in [0.1, 0.15) is 25.6 Å². The lowest BCUT2D eigenvalue weighted by Gasteiger charge is -2.19. The minimum Gasteiger partial charge on any atom is -0.354 e. The monoisotopic (exact) mass is 245 g/mol. The summed E-state index contributed by atoms with van der Waals surface area (Å²) in [5.74, 6) is 6.79. The molecule has 1 heterocycles. The van der Waals surface area contributed by atoms with Gasteiger partial charge in [0, 0.05) is 19.0 Å². The molecule has 1 aromatic heterocycles. The van der Waals surface area contributed by atoms with Crippen LogP contribution in [0.5, 0.6) is 0 Å². The van der Waals surface area contributed by atoms with Gasteiger partial charge in [-0.1, -0.05) is 13.8 Å². The number of alkyl halides is 2. The summed E-state index contributed by atoms with van der Waals surface area (Å²) in [4.78, 5) is 9.75. The minimum atomic E-state index is -2.41. The Morgan fingerprint density at radius 2 is 2.06 bits per heavy atom. The lowest BCUT2D eigenvalue weighted by Crippen LogP contribution is -2.26. The molecule has 1 rings (SSSR count). The van der Waals surface area contributed by atoms with E-state index in [4.69, 9.17) is 5.84 Å². The van der Waals surface area contributed by atoms with Crippen LogP contribution in [0.15, 0.2) is 6.07 Å². The molecule has 5 nitrogen and oxygen atoms in total. The molecule has 7 heteroatoms. The molecule has 0 atom stereocenters. The van der Waals surface area contributed by atoms with E-state index in [1.807, 2.05) is 13.8 Å². The third-order valence-electron chi connectivity index (χ3n) is 2.20. The topological polar surface area (TPSA) is 67.1 Å². The van der Waals surface area contributed by atoms with Gasteiger partial charge in [0.05, 0.1) is 6.54 Å². The van der Waals surface area contributed by atoms with Gasteiger partial charge in [0.25, 0.3) is 6.43 Å². The molecule has 0 spiro atoms. The summed E-state index contributed by atoms with van der Waals surface area (Å²) < 4.78 is 24.6. The SMILES string of the molecule is CC(C)c1nc(NN)cc(N(C)CC(F)F)n1. The number of nitrogen functional groups attached to an aromatic ring is 1. The number of anilines is 2. The van der Waals surface area contributed by atoms with Crippen molar-refractivity contribution in [1.82, 2.24) is 9.97 Å². The van der Waals surface area contributed by atoms with Gasteiger partial charge in [-0.05, 0) is 0 Å². The fourth-order valence-corrected chi connectivity index (χ4v) is 1.28. The molecule has 0 saturated carbocycles. The van der Waals surface area contributed by atoms with Gasteiger partial charge in [0.2, 0.25) is 0 Å². The molecule has 1 aromatic rings. The zero-order chi connectivity index (χ0) is 13.0. The first kappa shape index (κ1) is 13.6. The first-order valence-electron chi connectivity index (χ1n) is 5.29. The average Bonchev–Trinajstić information content (AvgIpc) is 2.27. The standard InChI is InChI=1S/C10H17F2N5/c1-6(2)10-14-8(16-13)4-9(15-10)17(3)5-7(11)12/h4,6-7H,5,13H2,1-3H3,(H,14,15,16). The van der Waals surface area contributed by atoms with Gasteiger partial charge in [-0.15, -0.1) is 0 Å². The van der Waals surface area contributed by atoms with Crippen molar-refractivity contribution in [3.05, 3.63) is 11.9 Å². The molecule has 0 amide bonds. The van der Waals surface area contributed by atoms with Crippen LogP contribution < -0.4 is 16.2 Å². The number of halogens is 2. The molecular formula is C10H17F2N5. The van der Waals surface area contributed by atoms with Gasteiger partial charge in [0.1, 0.15) is 17.5 Å². The molecule has 0 aromatic carbocycles. The maximum Gasteiger partial charge on any atom is 0.255 e. The van der Waals surface area contributed by atoms with Crippen LogP contribution >= 0.6 is 0 Å². The smallest absolute Gasteiger partial charge is 0.255 e. The third-order valence-corrected chi connectivity index (χ3v) is 2.20. The largest absolute Gasteiger partial charge is 0.354 e. The minimum absolute atomic E-state index is 0.0991. The lowest BCUT2D eigenvalue weighted by molar-refractivity contribution is 0.156. The number of aromatic nitrogens is 2. The van der Waals surface area contributed by atoms with Crippen LogP contribution in [-0.2, 0) is 0 Å². The molecular weight excluding hydrogens is 228 g/mol. The summed E-state index contributed by atoms with van der Waals surface area (Å²) in [7, 11) is 1.55. The highest BCUT2D eigenvalue weighted by Gasteiger charge is 2.13. The molecule has 96 valence electrons. The summed E-state index contributed by atoms with van der Waals surface area (Å²) in [5.41, 5.74) is 2.41. The third kappa shape index (κ3) is 3.77. The Balaban J connectivity index is 3.01. The zero-order valence-electron chi connectivity index (χ0n) is 10.1. The predicted octanol–water partition coefficient (Wildman–Crippen LogP) is 1.59. The fraction of sp³-hybridized carbons (Fsp3) is 0.600. The maximum absolute atomic E-state index is 12.3. The summed E-state index contributed by atoms with van der Waals surface area (Å²) in [6.07, 6.45) is -2.41. The number of nitrogens with zero attached hydrogens (tertiary/aromatic N) is 3. The molecule has 0 bridgehead atoms. The van der Waals surface area contributed by atoms with Gasteiger partial charge in [0.15, 0.2) is 0 Å². The Morgan fingerprint density at radius 1 is 1.41 bits per heavy atom. The number of hydrazine groups is 1. The van der Waals surface area contributed by atoms with Crippen molar-refractivity contribution >= 4 is 11.6 Å². The van der Waals surface area contributed by atoms with E-state index in [-0.39, 0.29) is 12.5 Å². The number of rotatable bonds is 5. The van der Waals surface area contributed by atoms with E-state index in [0.29, 0.717) is 17.5 Å². The number of hydrogen-bond donors (Lipinski definition) is 2. The highest BCUT2D eigenvalue weighted by atomic mass is 19.3.